The Hall–Kier alpha value is 1.73. The highest BCUT2D eigenvalue weighted by Crippen LogP contribution is 2.46. The molecule has 0 heterocycles. The highest BCUT2D eigenvalue weighted by Gasteiger charge is 2.28. The Morgan fingerprint density at radius 1 is 0.513 bits per heavy atom. The van der Waals surface area contributed by atoms with E-state index in [0.717, 1.165) is 51.9 Å². The van der Waals surface area contributed by atoms with Crippen LogP contribution in [0, 0.1) is 0 Å². The van der Waals surface area contributed by atoms with Gasteiger partial charge in [0.1, 0.15) is 0 Å². The molecular formula is C24H52Cl4N4O4P2S. The van der Waals surface area contributed by atoms with Crippen LogP contribution in [0.2, 0.25) is 0 Å². The van der Waals surface area contributed by atoms with Crippen LogP contribution < -0.4 is 0 Å². The van der Waals surface area contributed by atoms with Crippen LogP contribution in [-0.2, 0) is 18.9 Å². The molecule has 0 aliphatic carbocycles. The van der Waals surface area contributed by atoms with Gasteiger partial charge in [-0.15, -0.1) is 46.4 Å². The SMILES string of the molecule is CCCN(CCC)P(OCCS(=O)(=O)CCOP(N(CCC)CCC)N(CCCl)CCCl)N(CCCl)CCCl. The molecular weight excluding hydrogens is 644 g/mol. The molecule has 0 radical (unpaired) electrons. The smallest absolute Gasteiger partial charge is 0.188 e. The third kappa shape index (κ3) is 18.2. The minimum atomic E-state index is -3.38. The van der Waals surface area contributed by atoms with Gasteiger partial charge in [-0.2, -0.15) is 0 Å². The molecule has 236 valence electrons. The lowest BCUT2D eigenvalue weighted by Crippen LogP contribution is -2.34. The summed E-state index contributed by atoms with van der Waals surface area (Å²) < 4.78 is 47.5. The number of nitrogens with zero attached hydrogens (tertiary/aromatic N) is 4. The minimum Gasteiger partial charge on any atom is -0.330 e. The lowest BCUT2D eigenvalue weighted by atomic mass is 10.4. The zero-order valence-electron chi connectivity index (χ0n) is 24.4. The van der Waals surface area contributed by atoms with E-state index in [4.69, 9.17) is 55.5 Å². The van der Waals surface area contributed by atoms with E-state index < -0.39 is 26.7 Å². The molecule has 0 aliphatic rings. The van der Waals surface area contributed by atoms with Crippen molar-refractivity contribution in [3.63, 3.8) is 0 Å². The fourth-order valence-electron chi connectivity index (χ4n) is 3.83. The van der Waals surface area contributed by atoms with Gasteiger partial charge < -0.3 is 9.05 Å². The normalized spacial score (nSPS) is 14.3. The van der Waals surface area contributed by atoms with E-state index in [9.17, 15) is 8.42 Å². The molecule has 0 N–H and O–H groups in total. The van der Waals surface area contributed by atoms with Crippen molar-refractivity contribution >= 4 is 73.1 Å². The molecule has 2 atom stereocenters. The van der Waals surface area contributed by atoms with Crippen molar-refractivity contribution in [2.45, 2.75) is 53.4 Å². The van der Waals surface area contributed by atoms with Gasteiger partial charge in [-0.3, -0.25) is 0 Å². The summed E-state index contributed by atoms with van der Waals surface area (Å²) in [4.78, 5) is 0. The monoisotopic (exact) mass is 694 g/mol. The molecule has 8 nitrogen and oxygen atoms in total. The number of rotatable bonds is 28. The van der Waals surface area contributed by atoms with Gasteiger partial charge in [0.25, 0.3) is 0 Å². The number of alkyl halides is 4. The van der Waals surface area contributed by atoms with Crippen LogP contribution in [0.4, 0.5) is 0 Å². The third-order valence-electron chi connectivity index (χ3n) is 5.47. The summed E-state index contributed by atoms with van der Waals surface area (Å²) in [5, 5.41) is 0. The molecule has 0 aromatic heterocycles. The predicted octanol–water partition coefficient (Wildman–Crippen LogP) is 6.69. The Balaban J connectivity index is 5.34. The summed E-state index contributed by atoms with van der Waals surface area (Å²) in [6.45, 7) is 14.8. The summed E-state index contributed by atoms with van der Waals surface area (Å²) in [7, 11) is -5.69. The van der Waals surface area contributed by atoms with Crippen molar-refractivity contribution in [2.75, 3.05) is 101 Å². The molecule has 2 unspecified atom stereocenters. The minimum absolute atomic E-state index is 0.0600. The Labute approximate surface area is 262 Å². The topological polar surface area (TPSA) is 65.6 Å². The van der Waals surface area contributed by atoms with Crippen molar-refractivity contribution in [1.29, 1.82) is 0 Å². The average Bonchev–Trinajstić information content (AvgIpc) is 2.89. The average molecular weight is 697 g/mol. The molecule has 0 bridgehead atoms. The Bertz CT molecular complexity index is 576. The molecule has 0 saturated carbocycles. The van der Waals surface area contributed by atoms with Gasteiger partial charge in [0, 0.05) is 75.9 Å². The van der Waals surface area contributed by atoms with E-state index >= 15 is 0 Å². The molecule has 0 saturated heterocycles. The predicted molar refractivity (Wildman–Crippen MR) is 175 cm³/mol. The largest absolute Gasteiger partial charge is 0.330 e. The first kappa shape index (κ1) is 40.7. The van der Waals surface area contributed by atoms with Crippen LogP contribution in [0.15, 0.2) is 0 Å². The van der Waals surface area contributed by atoms with Gasteiger partial charge in [-0.25, -0.2) is 27.1 Å². The number of sulfone groups is 1. The fraction of sp³-hybridized carbons (Fsp3) is 1.00. The quantitative estimate of drug-likeness (QED) is 0.0663. The highest BCUT2D eigenvalue weighted by molar-refractivity contribution is 7.91. The second-order valence-corrected chi connectivity index (χ2v) is 16.5. The van der Waals surface area contributed by atoms with Crippen LogP contribution in [0.1, 0.15) is 53.4 Å². The van der Waals surface area contributed by atoms with Crippen molar-refractivity contribution < 1.29 is 17.5 Å². The lowest BCUT2D eigenvalue weighted by molar-refractivity contribution is 0.268. The van der Waals surface area contributed by atoms with Crippen LogP contribution in [0.5, 0.6) is 0 Å². The van der Waals surface area contributed by atoms with Crippen LogP contribution in [0.25, 0.3) is 0 Å². The van der Waals surface area contributed by atoms with E-state index in [0.29, 0.717) is 49.7 Å². The third-order valence-corrected chi connectivity index (χ3v) is 12.1. The maximum atomic E-state index is 13.0. The van der Waals surface area contributed by atoms with Gasteiger partial charge >= 0.3 is 0 Å². The molecule has 0 aromatic rings. The zero-order valence-corrected chi connectivity index (χ0v) is 30.0. The molecule has 0 aromatic carbocycles. The molecule has 39 heavy (non-hydrogen) atoms. The highest BCUT2D eigenvalue weighted by atomic mass is 35.5. The van der Waals surface area contributed by atoms with Gasteiger partial charge in [-0.05, 0) is 25.7 Å². The van der Waals surface area contributed by atoms with Gasteiger partial charge in [0.15, 0.2) is 26.7 Å². The van der Waals surface area contributed by atoms with E-state index in [1.54, 1.807) is 0 Å². The van der Waals surface area contributed by atoms with E-state index in [1.165, 1.54) is 0 Å². The second kappa shape index (κ2) is 26.2. The Morgan fingerprint density at radius 3 is 1.00 bits per heavy atom. The maximum Gasteiger partial charge on any atom is 0.188 e. The van der Waals surface area contributed by atoms with Crippen LogP contribution in [0.3, 0.4) is 0 Å². The van der Waals surface area contributed by atoms with E-state index in [1.807, 2.05) is 0 Å². The second-order valence-electron chi connectivity index (χ2n) is 8.89. The number of halogens is 4. The van der Waals surface area contributed by atoms with E-state index in [-0.39, 0.29) is 24.7 Å². The lowest BCUT2D eigenvalue weighted by Gasteiger charge is -2.37. The summed E-state index contributed by atoms with van der Waals surface area (Å²) in [6, 6.07) is 0. The van der Waals surface area contributed by atoms with Crippen LogP contribution in [-0.4, -0.2) is 128 Å². The summed E-state index contributed by atoms with van der Waals surface area (Å²) in [6.07, 6.45) is 3.92. The first-order chi connectivity index (χ1) is 18.8. The van der Waals surface area contributed by atoms with Gasteiger partial charge in [0.2, 0.25) is 0 Å². The zero-order chi connectivity index (χ0) is 29.5. The molecule has 0 aliphatic heterocycles. The summed E-state index contributed by atoms with van der Waals surface area (Å²) in [5.41, 5.74) is 0. The molecule has 0 spiro atoms. The fourth-order valence-corrected chi connectivity index (χ4v) is 10.7. The number of hydrogen-bond donors (Lipinski definition) is 0. The first-order valence-electron chi connectivity index (χ1n) is 14.1. The van der Waals surface area contributed by atoms with Crippen LogP contribution >= 0.6 is 63.3 Å². The van der Waals surface area contributed by atoms with Crippen molar-refractivity contribution in [3.8, 4) is 0 Å². The standard InChI is InChI=1S/C24H52Cl4N4O4P2S/c1-5-13-29(14-6-2)37(31(17-9-25)18-10-26)35-21-23-39(33,34)24-22-36-38(30(15-7-3)16-8-4)32(19-11-27)20-12-28/h5-24H2,1-4H3. The first-order valence-corrected chi connectivity index (χ1v) is 20.4. The summed E-state index contributed by atoms with van der Waals surface area (Å²) >= 11 is 24.3. The van der Waals surface area contributed by atoms with E-state index in [2.05, 4.69) is 46.4 Å². The molecule has 15 heteroatoms. The van der Waals surface area contributed by atoms with Crippen molar-refractivity contribution in [2.24, 2.45) is 0 Å². The van der Waals surface area contributed by atoms with Gasteiger partial charge in [0.05, 0.1) is 24.7 Å². The maximum absolute atomic E-state index is 13.0. The van der Waals surface area contributed by atoms with Crippen molar-refractivity contribution in [1.82, 2.24) is 18.7 Å². The molecule has 0 rings (SSSR count). The molecule has 0 amide bonds. The Kier molecular flexibility index (Phi) is 27.3. The Morgan fingerprint density at radius 2 is 0.769 bits per heavy atom. The molecule has 0 fully saturated rings. The van der Waals surface area contributed by atoms with Gasteiger partial charge in [-0.1, -0.05) is 27.7 Å². The summed E-state index contributed by atoms with van der Waals surface area (Å²) in [5.74, 6) is 1.72. The number of hydrogen-bond acceptors (Lipinski definition) is 8. The van der Waals surface area contributed by atoms with Crippen molar-refractivity contribution in [3.05, 3.63) is 0 Å².